The molecule has 6 heteroatoms. The predicted molar refractivity (Wildman–Crippen MR) is 105 cm³/mol. The number of piperidine rings is 1. The van der Waals surface area contributed by atoms with Crippen molar-refractivity contribution in [2.24, 2.45) is 5.92 Å². The Labute approximate surface area is 166 Å². The number of benzene rings is 1. The van der Waals surface area contributed by atoms with Gasteiger partial charge < -0.3 is 19.3 Å². The number of carbonyl (C=O) groups is 2. The molecule has 3 aliphatic rings. The zero-order valence-corrected chi connectivity index (χ0v) is 16.5. The summed E-state index contributed by atoms with van der Waals surface area (Å²) in [7, 11) is 0. The van der Waals surface area contributed by atoms with Crippen LogP contribution in [-0.2, 0) is 9.53 Å². The number of para-hydroxylation sites is 1. The molecule has 28 heavy (non-hydrogen) atoms. The lowest BCUT2D eigenvalue weighted by atomic mass is 9.97. The number of hydrogen-bond acceptors (Lipinski definition) is 4. The third-order valence-electron chi connectivity index (χ3n) is 6.12. The Balaban J connectivity index is 1.28. The van der Waals surface area contributed by atoms with Gasteiger partial charge in [0, 0.05) is 32.8 Å². The van der Waals surface area contributed by atoms with Gasteiger partial charge in [-0.05, 0) is 56.6 Å². The number of amides is 2. The van der Waals surface area contributed by atoms with Gasteiger partial charge in [0.2, 0.25) is 0 Å². The molecule has 3 fully saturated rings. The summed E-state index contributed by atoms with van der Waals surface area (Å²) in [6.45, 7) is 4.50. The Morgan fingerprint density at radius 1 is 0.964 bits per heavy atom. The monoisotopic (exact) mass is 386 g/mol. The van der Waals surface area contributed by atoms with E-state index in [2.05, 4.69) is 0 Å². The van der Waals surface area contributed by atoms with Crippen molar-refractivity contribution in [1.82, 2.24) is 9.80 Å². The van der Waals surface area contributed by atoms with Crippen LogP contribution in [0.15, 0.2) is 24.3 Å². The maximum absolute atomic E-state index is 12.8. The fraction of sp³-hybridized carbons (Fsp3) is 0.636. The topological polar surface area (TPSA) is 59.1 Å². The molecule has 0 spiro atoms. The Kier molecular flexibility index (Phi) is 6.15. The molecule has 3 aliphatic heterocycles. The van der Waals surface area contributed by atoms with E-state index in [1.165, 1.54) is 0 Å². The van der Waals surface area contributed by atoms with Gasteiger partial charge in [0.1, 0.15) is 11.9 Å². The highest BCUT2D eigenvalue weighted by atomic mass is 16.5. The van der Waals surface area contributed by atoms with Crippen LogP contribution in [0.3, 0.4) is 0 Å². The average molecular weight is 386 g/mol. The van der Waals surface area contributed by atoms with Crippen LogP contribution in [-0.4, -0.2) is 67.1 Å². The van der Waals surface area contributed by atoms with E-state index in [0.29, 0.717) is 30.4 Å². The van der Waals surface area contributed by atoms with E-state index in [0.717, 1.165) is 64.7 Å². The van der Waals surface area contributed by atoms with Crippen LogP contribution >= 0.6 is 0 Å². The van der Waals surface area contributed by atoms with Crippen LogP contribution in [0.4, 0.5) is 0 Å². The highest BCUT2D eigenvalue weighted by Crippen LogP contribution is 2.25. The van der Waals surface area contributed by atoms with Gasteiger partial charge in [-0.2, -0.15) is 0 Å². The number of ether oxygens (including phenoxy) is 2. The zero-order valence-electron chi connectivity index (χ0n) is 16.5. The maximum Gasteiger partial charge on any atom is 0.257 e. The van der Waals surface area contributed by atoms with Gasteiger partial charge in [-0.25, -0.2) is 0 Å². The molecule has 1 aromatic rings. The molecule has 6 nitrogen and oxygen atoms in total. The Morgan fingerprint density at radius 3 is 2.43 bits per heavy atom. The molecule has 0 N–H and O–H groups in total. The second kappa shape index (κ2) is 8.95. The van der Waals surface area contributed by atoms with Crippen molar-refractivity contribution >= 4 is 11.8 Å². The number of likely N-dealkylation sites (tertiary alicyclic amines) is 2. The van der Waals surface area contributed by atoms with Gasteiger partial charge in [0.05, 0.1) is 12.2 Å². The highest BCUT2D eigenvalue weighted by molar-refractivity contribution is 5.97. The van der Waals surface area contributed by atoms with Crippen molar-refractivity contribution in [3.05, 3.63) is 29.8 Å². The van der Waals surface area contributed by atoms with Gasteiger partial charge in [-0.15, -0.1) is 0 Å². The zero-order chi connectivity index (χ0) is 19.3. The van der Waals surface area contributed by atoms with E-state index in [9.17, 15) is 9.59 Å². The lowest BCUT2D eigenvalue weighted by Crippen LogP contribution is -2.44. The number of nitrogens with zero attached hydrogens (tertiary/aromatic N) is 2. The van der Waals surface area contributed by atoms with Gasteiger partial charge in [-0.1, -0.05) is 12.1 Å². The molecule has 1 atom stereocenters. The molecule has 3 heterocycles. The first-order chi connectivity index (χ1) is 13.7. The normalized spacial score (nSPS) is 23.2. The first-order valence-electron chi connectivity index (χ1n) is 10.6. The van der Waals surface area contributed by atoms with Crippen LogP contribution in [0.2, 0.25) is 0 Å². The molecular formula is C22H30N2O4. The van der Waals surface area contributed by atoms with Crippen molar-refractivity contribution in [1.29, 1.82) is 0 Å². The van der Waals surface area contributed by atoms with Gasteiger partial charge in [-0.3, -0.25) is 9.59 Å². The standard InChI is InChI=1S/C22H30N2O4/c25-21(23-11-3-4-12-23)18-6-1-2-7-19(18)28-16-17-9-13-24(14-10-17)22(26)20-8-5-15-27-20/h1-2,6-7,17,20H,3-5,8-16H2/t20-/m1/s1. The van der Waals surface area contributed by atoms with Gasteiger partial charge >= 0.3 is 0 Å². The molecule has 0 unspecified atom stereocenters. The van der Waals surface area contributed by atoms with Crippen molar-refractivity contribution in [3.63, 3.8) is 0 Å². The van der Waals surface area contributed by atoms with E-state index < -0.39 is 0 Å². The van der Waals surface area contributed by atoms with Crippen molar-refractivity contribution in [2.75, 3.05) is 39.4 Å². The minimum atomic E-state index is -0.226. The van der Waals surface area contributed by atoms with Crippen molar-refractivity contribution < 1.29 is 19.1 Å². The smallest absolute Gasteiger partial charge is 0.257 e. The van der Waals surface area contributed by atoms with Crippen LogP contribution in [0.5, 0.6) is 5.75 Å². The highest BCUT2D eigenvalue weighted by Gasteiger charge is 2.31. The fourth-order valence-corrected chi connectivity index (χ4v) is 4.36. The van der Waals surface area contributed by atoms with Crippen molar-refractivity contribution in [2.45, 2.75) is 44.6 Å². The second-order valence-corrected chi connectivity index (χ2v) is 8.08. The average Bonchev–Trinajstić information content (AvgIpc) is 3.46. The largest absolute Gasteiger partial charge is 0.492 e. The van der Waals surface area contributed by atoms with E-state index in [1.807, 2.05) is 34.1 Å². The molecule has 0 radical (unpaired) electrons. The summed E-state index contributed by atoms with van der Waals surface area (Å²) in [6, 6.07) is 7.56. The number of hydrogen-bond donors (Lipinski definition) is 0. The van der Waals surface area contributed by atoms with Crippen LogP contribution in [0.25, 0.3) is 0 Å². The third kappa shape index (κ3) is 4.32. The van der Waals surface area contributed by atoms with E-state index in [4.69, 9.17) is 9.47 Å². The molecule has 3 saturated heterocycles. The molecule has 2 amide bonds. The summed E-state index contributed by atoms with van der Waals surface area (Å²) >= 11 is 0. The first-order valence-corrected chi connectivity index (χ1v) is 10.6. The van der Waals surface area contributed by atoms with E-state index in [-0.39, 0.29) is 17.9 Å². The lowest BCUT2D eigenvalue weighted by molar-refractivity contribution is -0.142. The van der Waals surface area contributed by atoms with E-state index in [1.54, 1.807) is 0 Å². The molecule has 0 aromatic heterocycles. The molecule has 0 saturated carbocycles. The minimum Gasteiger partial charge on any atom is -0.492 e. The molecule has 0 bridgehead atoms. The van der Waals surface area contributed by atoms with E-state index >= 15 is 0 Å². The summed E-state index contributed by atoms with van der Waals surface area (Å²) < 4.78 is 11.6. The summed E-state index contributed by atoms with van der Waals surface area (Å²) in [4.78, 5) is 29.1. The number of carbonyl (C=O) groups excluding carboxylic acids is 2. The quantitative estimate of drug-likeness (QED) is 0.781. The van der Waals surface area contributed by atoms with Crippen LogP contribution < -0.4 is 4.74 Å². The Hall–Kier alpha value is -2.08. The molecule has 1 aromatic carbocycles. The second-order valence-electron chi connectivity index (χ2n) is 8.08. The Morgan fingerprint density at radius 2 is 1.71 bits per heavy atom. The maximum atomic E-state index is 12.8. The minimum absolute atomic E-state index is 0.0741. The van der Waals surface area contributed by atoms with Crippen molar-refractivity contribution in [3.8, 4) is 5.75 Å². The third-order valence-corrected chi connectivity index (χ3v) is 6.12. The van der Waals surface area contributed by atoms with Crippen LogP contribution in [0.1, 0.15) is 48.9 Å². The summed E-state index contributed by atoms with van der Waals surface area (Å²) in [6.07, 6.45) is 5.63. The van der Waals surface area contributed by atoms with Gasteiger partial charge in [0.25, 0.3) is 11.8 Å². The molecule has 4 rings (SSSR count). The summed E-state index contributed by atoms with van der Waals surface area (Å²) in [5.41, 5.74) is 0.662. The lowest BCUT2D eigenvalue weighted by Gasteiger charge is -2.33. The molecular weight excluding hydrogens is 356 g/mol. The summed E-state index contributed by atoms with van der Waals surface area (Å²) in [5, 5.41) is 0. The van der Waals surface area contributed by atoms with Crippen LogP contribution in [0, 0.1) is 5.92 Å². The molecule has 0 aliphatic carbocycles. The SMILES string of the molecule is O=C(c1ccccc1OCC1CCN(C(=O)[C@H]2CCCO2)CC1)N1CCCC1. The number of rotatable bonds is 5. The summed E-state index contributed by atoms with van der Waals surface area (Å²) in [5.74, 6) is 1.31. The predicted octanol–water partition coefficient (Wildman–Crippen LogP) is 2.72. The molecule has 152 valence electrons. The fourth-order valence-electron chi connectivity index (χ4n) is 4.36. The Bertz CT molecular complexity index is 688. The van der Waals surface area contributed by atoms with Gasteiger partial charge in [0.15, 0.2) is 0 Å². The first kappa shape index (κ1) is 19.2.